The maximum Gasteiger partial charge on any atom is 0.276 e. The molecule has 0 radical (unpaired) electrons. The summed E-state index contributed by atoms with van der Waals surface area (Å²) >= 11 is 9.18. The largest absolute Gasteiger partial charge is 0.369 e. The molecular formula is C13H12BrClN4O. The van der Waals surface area contributed by atoms with E-state index in [2.05, 4.69) is 36.8 Å². The molecule has 0 atom stereocenters. The van der Waals surface area contributed by atoms with E-state index in [-0.39, 0.29) is 11.6 Å². The van der Waals surface area contributed by atoms with Crippen molar-refractivity contribution in [3.8, 4) is 0 Å². The number of carbonyl (C=O) groups excluding carboxylic acids is 1. The van der Waals surface area contributed by atoms with Crippen LogP contribution in [0.2, 0.25) is 5.02 Å². The Morgan fingerprint density at radius 3 is 2.70 bits per heavy atom. The van der Waals surface area contributed by atoms with Gasteiger partial charge in [-0.2, -0.15) is 0 Å². The van der Waals surface area contributed by atoms with E-state index >= 15 is 0 Å². The fourth-order valence-corrected chi connectivity index (χ4v) is 2.29. The van der Waals surface area contributed by atoms with E-state index < -0.39 is 0 Å². The lowest BCUT2D eigenvalue weighted by atomic mass is 10.3. The molecule has 2 rings (SSSR count). The first-order chi connectivity index (χ1) is 9.60. The molecule has 1 heterocycles. The van der Waals surface area contributed by atoms with Crippen LogP contribution in [0, 0.1) is 0 Å². The van der Waals surface area contributed by atoms with Crippen molar-refractivity contribution in [2.45, 2.75) is 6.92 Å². The average Bonchev–Trinajstić information content (AvgIpc) is 2.43. The molecule has 0 aliphatic carbocycles. The van der Waals surface area contributed by atoms with E-state index in [1.807, 2.05) is 6.92 Å². The summed E-state index contributed by atoms with van der Waals surface area (Å²) in [5, 5.41) is 14.1. The molecule has 1 amide bonds. The summed E-state index contributed by atoms with van der Waals surface area (Å²) in [5.41, 5.74) is 0.866. The van der Waals surface area contributed by atoms with Crippen molar-refractivity contribution < 1.29 is 4.79 Å². The van der Waals surface area contributed by atoms with Crippen molar-refractivity contribution in [3.05, 3.63) is 45.5 Å². The zero-order valence-corrected chi connectivity index (χ0v) is 13.0. The molecule has 0 saturated heterocycles. The lowest BCUT2D eigenvalue weighted by Crippen LogP contribution is -2.15. The number of amides is 1. The van der Waals surface area contributed by atoms with E-state index in [9.17, 15) is 4.79 Å². The van der Waals surface area contributed by atoms with E-state index in [4.69, 9.17) is 11.6 Å². The second kappa shape index (κ2) is 6.67. The van der Waals surface area contributed by atoms with Gasteiger partial charge in [-0.15, -0.1) is 10.2 Å². The zero-order valence-electron chi connectivity index (χ0n) is 10.7. The third-order valence-electron chi connectivity index (χ3n) is 2.43. The SMILES string of the molecule is CCNc1ccc(C(=O)Nc2ccc(Cl)cc2Br)nn1. The Morgan fingerprint density at radius 2 is 2.10 bits per heavy atom. The van der Waals surface area contributed by atoms with Gasteiger partial charge in [0.25, 0.3) is 5.91 Å². The number of halogens is 2. The predicted molar refractivity (Wildman–Crippen MR) is 83.3 cm³/mol. The third-order valence-corrected chi connectivity index (χ3v) is 3.33. The highest BCUT2D eigenvalue weighted by atomic mass is 79.9. The summed E-state index contributed by atoms with van der Waals surface area (Å²) < 4.78 is 0.704. The van der Waals surface area contributed by atoms with Gasteiger partial charge < -0.3 is 10.6 Å². The van der Waals surface area contributed by atoms with Gasteiger partial charge in [-0.05, 0) is 53.2 Å². The van der Waals surface area contributed by atoms with Crippen molar-refractivity contribution in [3.63, 3.8) is 0 Å². The maximum atomic E-state index is 12.0. The van der Waals surface area contributed by atoms with Gasteiger partial charge in [-0.25, -0.2) is 0 Å². The predicted octanol–water partition coefficient (Wildman–Crippen LogP) is 3.58. The Bertz CT molecular complexity index is 618. The maximum absolute atomic E-state index is 12.0. The summed E-state index contributed by atoms with van der Waals surface area (Å²) in [7, 11) is 0. The van der Waals surface area contributed by atoms with Crippen LogP contribution < -0.4 is 10.6 Å². The molecule has 0 unspecified atom stereocenters. The molecule has 1 aromatic heterocycles. The fourth-order valence-electron chi connectivity index (χ4n) is 1.51. The summed E-state index contributed by atoms with van der Waals surface area (Å²) in [6.45, 7) is 2.71. The molecule has 0 aliphatic heterocycles. The Balaban J connectivity index is 2.11. The van der Waals surface area contributed by atoms with Crippen LogP contribution in [0.1, 0.15) is 17.4 Å². The van der Waals surface area contributed by atoms with Crippen LogP contribution in [0.4, 0.5) is 11.5 Å². The Labute approximate surface area is 129 Å². The minimum absolute atomic E-state index is 0.244. The smallest absolute Gasteiger partial charge is 0.276 e. The van der Waals surface area contributed by atoms with Crippen LogP contribution in [0.3, 0.4) is 0 Å². The number of hydrogen-bond acceptors (Lipinski definition) is 4. The summed E-state index contributed by atoms with van der Waals surface area (Å²) in [4.78, 5) is 12.0. The topological polar surface area (TPSA) is 66.9 Å². The van der Waals surface area contributed by atoms with Crippen LogP contribution >= 0.6 is 27.5 Å². The lowest BCUT2D eigenvalue weighted by molar-refractivity contribution is 0.102. The van der Waals surface area contributed by atoms with Crippen molar-refractivity contribution in [2.24, 2.45) is 0 Å². The van der Waals surface area contributed by atoms with Crippen molar-refractivity contribution in [2.75, 3.05) is 17.2 Å². The standard InChI is InChI=1S/C13H12BrClN4O/c1-2-16-12-6-5-11(18-19-12)13(20)17-10-4-3-8(15)7-9(10)14/h3-7H,2H2,1H3,(H,16,19)(H,17,20). The zero-order chi connectivity index (χ0) is 14.5. The molecule has 0 saturated carbocycles. The van der Waals surface area contributed by atoms with Crippen molar-refractivity contribution in [1.82, 2.24) is 10.2 Å². The molecule has 0 fully saturated rings. The minimum atomic E-state index is -0.330. The van der Waals surface area contributed by atoms with Gasteiger partial charge in [0.1, 0.15) is 5.82 Å². The monoisotopic (exact) mass is 354 g/mol. The number of benzene rings is 1. The molecule has 0 spiro atoms. The first kappa shape index (κ1) is 14.7. The number of carbonyl (C=O) groups is 1. The highest BCUT2D eigenvalue weighted by Crippen LogP contribution is 2.26. The number of aromatic nitrogens is 2. The van der Waals surface area contributed by atoms with Gasteiger partial charge in [0.05, 0.1) is 5.69 Å². The first-order valence-electron chi connectivity index (χ1n) is 5.94. The molecule has 5 nitrogen and oxygen atoms in total. The van der Waals surface area contributed by atoms with E-state index in [0.29, 0.717) is 21.0 Å². The molecule has 0 aliphatic rings. The van der Waals surface area contributed by atoms with Gasteiger partial charge in [0, 0.05) is 16.0 Å². The normalized spacial score (nSPS) is 10.2. The van der Waals surface area contributed by atoms with E-state index in [0.717, 1.165) is 6.54 Å². The summed E-state index contributed by atoms with van der Waals surface area (Å²) in [6, 6.07) is 8.44. The molecular weight excluding hydrogens is 344 g/mol. The molecule has 1 aromatic carbocycles. The number of anilines is 2. The van der Waals surface area contributed by atoms with E-state index in [1.54, 1.807) is 30.3 Å². The number of nitrogens with one attached hydrogen (secondary N) is 2. The van der Waals surface area contributed by atoms with Crippen LogP contribution in [0.15, 0.2) is 34.8 Å². The van der Waals surface area contributed by atoms with Crippen molar-refractivity contribution in [1.29, 1.82) is 0 Å². The van der Waals surface area contributed by atoms with Crippen molar-refractivity contribution >= 4 is 44.9 Å². The van der Waals surface area contributed by atoms with Gasteiger partial charge in [-0.3, -0.25) is 4.79 Å². The van der Waals surface area contributed by atoms with Crippen LogP contribution in [-0.2, 0) is 0 Å². The Kier molecular flexibility index (Phi) is 4.92. The van der Waals surface area contributed by atoms with Gasteiger partial charge in [0.2, 0.25) is 0 Å². The molecule has 2 aromatic rings. The number of nitrogens with zero attached hydrogens (tertiary/aromatic N) is 2. The Morgan fingerprint density at radius 1 is 1.30 bits per heavy atom. The summed E-state index contributed by atoms with van der Waals surface area (Å²) in [5.74, 6) is 0.306. The Hall–Kier alpha value is -1.66. The molecule has 20 heavy (non-hydrogen) atoms. The number of hydrogen-bond donors (Lipinski definition) is 2. The molecule has 2 N–H and O–H groups in total. The van der Waals surface area contributed by atoms with Crippen LogP contribution in [0.25, 0.3) is 0 Å². The van der Waals surface area contributed by atoms with E-state index in [1.165, 1.54) is 0 Å². The van der Waals surface area contributed by atoms with Crippen LogP contribution in [-0.4, -0.2) is 22.6 Å². The average molecular weight is 356 g/mol. The molecule has 7 heteroatoms. The van der Waals surface area contributed by atoms with Gasteiger partial charge in [0.15, 0.2) is 5.69 Å². The summed E-state index contributed by atoms with van der Waals surface area (Å²) in [6.07, 6.45) is 0. The number of rotatable bonds is 4. The second-order valence-corrected chi connectivity index (χ2v) is 5.20. The second-order valence-electron chi connectivity index (χ2n) is 3.91. The van der Waals surface area contributed by atoms with Gasteiger partial charge in [-0.1, -0.05) is 11.6 Å². The van der Waals surface area contributed by atoms with Crippen LogP contribution in [0.5, 0.6) is 0 Å². The molecule has 0 bridgehead atoms. The first-order valence-corrected chi connectivity index (χ1v) is 7.11. The highest BCUT2D eigenvalue weighted by molar-refractivity contribution is 9.10. The molecule has 104 valence electrons. The highest BCUT2D eigenvalue weighted by Gasteiger charge is 2.10. The fraction of sp³-hybridized carbons (Fsp3) is 0.154. The minimum Gasteiger partial charge on any atom is -0.369 e. The van der Waals surface area contributed by atoms with Gasteiger partial charge >= 0.3 is 0 Å². The lowest BCUT2D eigenvalue weighted by Gasteiger charge is -2.07. The quantitative estimate of drug-likeness (QED) is 0.880. The third kappa shape index (κ3) is 3.68.